The molecule has 0 aliphatic carbocycles. The van der Waals surface area contributed by atoms with Crippen LogP contribution >= 0.6 is 24.0 Å². The maximum Gasteiger partial charge on any atom is 0.191 e. The van der Waals surface area contributed by atoms with E-state index < -0.39 is 9.84 Å². The standard InChI is InChI=1S/C18H26FN5O2S.HI/c1-13(7-10-27(4,25)26)23-18(20-3)22-12-15-5-6-17(16(19)11-15)24-9-8-21-14(24)2;/h5-6,8-9,11,13H,7,10,12H2,1-4H3,(H2,20,22,23);1H. The van der Waals surface area contributed by atoms with Crippen LogP contribution in [0.1, 0.15) is 24.7 Å². The lowest BCUT2D eigenvalue weighted by Gasteiger charge is -2.18. The van der Waals surface area contributed by atoms with Gasteiger partial charge >= 0.3 is 0 Å². The fourth-order valence-corrected chi connectivity index (χ4v) is 3.35. The zero-order valence-corrected chi connectivity index (χ0v) is 19.6. The first-order valence-electron chi connectivity index (χ1n) is 8.63. The van der Waals surface area contributed by atoms with Gasteiger partial charge in [0.1, 0.15) is 21.5 Å². The van der Waals surface area contributed by atoms with Crippen molar-refractivity contribution in [2.45, 2.75) is 32.9 Å². The average molecular weight is 523 g/mol. The zero-order chi connectivity index (χ0) is 20.0. The monoisotopic (exact) mass is 523 g/mol. The molecule has 10 heteroatoms. The van der Waals surface area contributed by atoms with E-state index in [0.717, 1.165) is 5.56 Å². The second-order valence-electron chi connectivity index (χ2n) is 6.52. The van der Waals surface area contributed by atoms with Crippen LogP contribution in [-0.4, -0.2) is 49.0 Å². The Kier molecular flexibility index (Phi) is 9.34. The van der Waals surface area contributed by atoms with Gasteiger partial charge in [0.2, 0.25) is 0 Å². The van der Waals surface area contributed by atoms with Crippen LogP contribution in [0.2, 0.25) is 0 Å². The van der Waals surface area contributed by atoms with Gasteiger partial charge in [0.15, 0.2) is 5.96 Å². The van der Waals surface area contributed by atoms with Crippen LogP contribution in [-0.2, 0) is 16.4 Å². The minimum absolute atomic E-state index is 0. The molecule has 0 bridgehead atoms. The van der Waals surface area contributed by atoms with Crippen LogP contribution < -0.4 is 10.6 Å². The van der Waals surface area contributed by atoms with Gasteiger partial charge in [-0.05, 0) is 38.0 Å². The first-order chi connectivity index (χ1) is 12.7. The fourth-order valence-electron chi connectivity index (χ4n) is 2.57. The zero-order valence-electron chi connectivity index (χ0n) is 16.4. The number of benzene rings is 1. The first kappa shape index (κ1) is 24.3. The quantitative estimate of drug-likeness (QED) is 0.331. The number of rotatable bonds is 7. The molecule has 0 spiro atoms. The van der Waals surface area contributed by atoms with Crippen molar-refractivity contribution in [1.29, 1.82) is 0 Å². The second-order valence-corrected chi connectivity index (χ2v) is 8.78. The molecule has 1 heterocycles. The second kappa shape index (κ2) is 10.7. The van der Waals surface area contributed by atoms with Crippen molar-refractivity contribution < 1.29 is 12.8 Å². The van der Waals surface area contributed by atoms with Gasteiger partial charge < -0.3 is 15.2 Å². The topological polar surface area (TPSA) is 88.4 Å². The third-order valence-electron chi connectivity index (χ3n) is 4.09. The van der Waals surface area contributed by atoms with Crippen molar-refractivity contribution in [3.05, 3.63) is 47.8 Å². The summed E-state index contributed by atoms with van der Waals surface area (Å²) in [6.07, 6.45) is 5.05. The maximum atomic E-state index is 14.4. The van der Waals surface area contributed by atoms with Crippen molar-refractivity contribution in [3.8, 4) is 5.69 Å². The average Bonchev–Trinajstić information content (AvgIpc) is 3.02. The van der Waals surface area contributed by atoms with E-state index in [2.05, 4.69) is 20.6 Å². The predicted octanol–water partition coefficient (Wildman–Crippen LogP) is 2.43. The van der Waals surface area contributed by atoms with Crippen molar-refractivity contribution in [2.75, 3.05) is 19.1 Å². The van der Waals surface area contributed by atoms with Gasteiger partial charge in [0.05, 0.1) is 11.4 Å². The third-order valence-corrected chi connectivity index (χ3v) is 5.06. The lowest BCUT2D eigenvalue weighted by molar-refractivity contribution is 0.581. The maximum absolute atomic E-state index is 14.4. The Morgan fingerprint density at radius 1 is 1.39 bits per heavy atom. The van der Waals surface area contributed by atoms with Crippen molar-refractivity contribution in [1.82, 2.24) is 20.2 Å². The van der Waals surface area contributed by atoms with Gasteiger partial charge in [0.25, 0.3) is 0 Å². The van der Waals surface area contributed by atoms with Crippen LogP contribution in [0, 0.1) is 12.7 Å². The molecule has 0 aliphatic heterocycles. The number of halogens is 2. The summed E-state index contributed by atoms with van der Waals surface area (Å²) in [4.78, 5) is 8.23. The largest absolute Gasteiger partial charge is 0.354 e. The molecular formula is C18H27FIN5O2S. The van der Waals surface area contributed by atoms with E-state index in [1.807, 2.05) is 19.9 Å². The molecule has 1 unspecified atom stereocenters. The van der Waals surface area contributed by atoms with Crippen molar-refractivity contribution in [3.63, 3.8) is 0 Å². The molecular weight excluding hydrogens is 496 g/mol. The number of aliphatic imine (C=N–C) groups is 1. The molecule has 2 N–H and O–H groups in total. The first-order valence-corrected chi connectivity index (χ1v) is 10.7. The van der Waals surface area contributed by atoms with Crippen LogP contribution in [0.25, 0.3) is 5.69 Å². The molecule has 0 saturated carbocycles. The Hall–Kier alpha value is -1.69. The van der Waals surface area contributed by atoms with Gasteiger partial charge in [0, 0.05) is 38.3 Å². The van der Waals surface area contributed by atoms with E-state index in [1.54, 1.807) is 30.1 Å². The Balaban J connectivity index is 0.00000392. The molecule has 1 aromatic carbocycles. The molecule has 156 valence electrons. The number of hydrogen-bond acceptors (Lipinski definition) is 4. The minimum atomic E-state index is -3.00. The van der Waals surface area contributed by atoms with Gasteiger partial charge in [-0.15, -0.1) is 24.0 Å². The summed E-state index contributed by atoms with van der Waals surface area (Å²) < 4.78 is 38.6. The highest BCUT2D eigenvalue weighted by molar-refractivity contribution is 14.0. The molecule has 1 atom stereocenters. The fraction of sp³-hybridized carbons (Fsp3) is 0.444. The Labute approximate surface area is 182 Å². The number of imidazole rings is 1. The summed E-state index contributed by atoms with van der Waals surface area (Å²) in [5, 5.41) is 6.24. The molecule has 0 aliphatic rings. The van der Waals surface area contributed by atoms with Crippen LogP contribution in [0.15, 0.2) is 35.6 Å². The van der Waals surface area contributed by atoms with Crippen LogP contribution in [0.5, 0.6) is 0 Å². The summed E-state index contributed by atoms with van der Waals surface area (Å²) >= 11 is 0. The highest BCUT2D eigenvalue weighted by Gasteiger charge is 2.11. The van der Waals surface area contributed by atoms with Crippen molar-refractivity contribution in [2.24, 2.45) is 4.99 Å². The molecule has 2 aromatic rings. The molecule has 1 aromatic heterocycles. The molecule has 7 nitrogen and oxygen atoms in total. The van der Waals surface area contributed by atoms with Crippen LogP contribution in [0.4, 0.5) is 4.39 Å². The van der Waals surface area contributed by atoms with E-state index in [4.69, 9.17) is 0 Å². The molecule has 0 fully saturated rings. The molecule has 28 heavy (non-hydrogen) atoms. The van der Waals surface area contributed by atoms with E-state index in [0.29, 0.717) is 30.4 Å². The highest BCUT2D eigenvalue weighted by atomic mass is 127. The smallest absolute Gasteiger partial charge is 0.191 e. The van der Waals surface area contributed by atoms with E-state index in [9.17, 15) is 12.8 Å². The van der Waals surface area contributed by atoms with Gasteiger partial charge in [-0.1, -0.05) is 6.07 Å². The predicted molar refractivity (Wildman–Crippen MR) is 121 cm³/mol. The normalized spacial score (nSPS) is 13.0. The summed E-state index contributed by atoms with van der Waals surface area (Å²) in [7, 11) is -1.37. The Morgan fingerprint density at radius 3 is 2.64 bits per heavy atom. The number of nitrogens with zero attached hydrogens (tertiary/aromatic N) is 3. The highest BCUT2D eigenvalue weighted by Crippen LogP contribution is 2.16. The Morgan fingerprint density at radius 2 is 2.11 bits per heavy atom. The summed E-state index contributed by atoms with van der Waals surface area (Å²) in [5.41, 5.74) is 1.21. The number of hydrogen-bond donors (Lipinski definition) is 2. The number of aromatic nitrogens is 2. The Bertz CT molecular complexity index is 914. The lowest BCUT2D eigenvalue weighted by atomic mass is 10.2. The van der Waals surface area contributed by atoms with Gasteiger partial charge in [-0.3, -0.25) is 4.99 Å². The van der Waals surface area contributed by atoms with E-state index in [1.165, 1.54) is 12.3 Å². The molecule has 0 radical (unpaired) electrons. The summed E-state index contributed by atoms with van der Waals surface area (Å²) in [6.45, 7) is 4.09. The SMILES string of the molecule is CN=C(NCc1ccc(-n2ccnc2C)c(F)c1)NC(C)CCS(C)(=O)=O.I. The van der Waals surface area contributed by atoms with Crippen molar-refractivity contribution >= 4 is 39.8 Å². The summed E-state index contributed by atoms with van der Waals surface area (Å²) in [6, 6.07) is 4.97. The van der Waals surface area contributed by atoms with E-state index in [-0.39, 0.29) is 41.6 Å². The van der Waals surface area contributed by atoms with Gasteiger partial charge in [-0.25, -0.2) is 17.8 Å². The number of nitrogens with one attached hydrogen (secondary N) is 2. The molecule has 0 saturated heterocycles. The number of aryl methyl sites for hydroxylation is 1. The lowest BCUT2D eigenvalue weighted by Crippen LogP contribution is -2.42. The van der Waals surface area contributed by atoms with Crippen LogP contribution in [0.3, 0.4) is 0 Å². The molecule has 0 amide bonds. The van der Waals surface area contributed by atoms with E-state index >= 15 is 0 Å². The minimum Gasteiger partial charge on any atom is -0.354 e. The van der Waals surface area contributed by atoms with Gasteiger partial charge in [-0.2, -0.15) is 0 Å². The third kappa shape index (κ3) is 7.38. The molecule has 2 rings (SSSR count). The number of sulfone groups is 1. The summed E-state index contributed by atoms with van der Waals surface area (Å²) in [5.74, 6) is 1.02. The number of guanidine groups is 1.